The second kappa shape index (κ2) is 8.56. The van der Waals surface area contributed by atoms with Crippen LogP contribution in [0.1, 0.15) is 22.8 Å². The van der Waals surface area contributed by atoms with Crippen LogP contribution in [0.15, 0.2) is 60.9 Å². The molecular weight excluding hydrogens is 362 g/mol. The van der Waals surface area contributed by atoms with Crippen molar-refractivity contribution in [2.45, 2.75) is 13.8 Å². The van der Waals surface area contributed by atoms with Gasteiger partial charge >= 0.3 is 0 Å². The van der Waals surface area contributed by atoms with E-state index in [1.165, 1.54) is 6.20 Å². The predicted molar refractivity (Wildman–Crippen MR) is 109 cm³/mol. The van der Waals surface area contributed by atoms with E-state index in [2.05, 4.69) is 15.6 Å². The summed E-state index contributed by atoms with van der Waals surface area (Å²) in [6.07, 6.45) is 3.19. The van der Waals surface area contributed by atoms with Crippen molar-refractivity contribution in [1.82, 2.24) is 4.98 Å². The van der Waals surface area contributed by atoms with Gasteiger partial charge in [-0.1, -0.05) is 23.7 Å². The lowest BCUT2D eigenvalue weighted by Crippen LogP contribution is -2.13. The van der Waals surface area contributed by atoms with E-state index < -0.39 is 0 Å². The monoisotopic (exact) mass is 381 g/mol. The topological polar surface area (TPSA) is 63.2 Å². The molecule has 0 aliphatic rings. The highest BCUT2D eigenvalue weighted by atomic mass is 35.5. The third kappa shape index (κ3) is 4.77. The predicted octanol–water partition coefficient (Wildman–Crippen LogP) is 5.44. The largest absolute Gasteiger partial charge is 0.492 e. The SMILES string of the molecule is CCOc1ccccc1Nc1cncc(C(=O)Nc2ccc(Cl)cc2C)c1. The lowest BCUT2D eigenvalue weighted by atomic mass is 10.2. The highest BCUT2D eigenvalue weighted by Gasteiger charge is 2.10. The van der Waals surface area contributed by atoms with Crippen molar-refractivity contribution in [3.8, 4) is 5.75 Å². The van der Waals surface area contributed by atoms with E-state index in [1.54, 1.807) is 30.5 Å². The van der Waals surface area contributed by atoms with Crippen LogP contribution in [0, 0.1) is 6.92 Å². The highest BCUT2D eigenvalue weighted by molar-refractivity contribution is 6.30. The number of carbonyl (C=O) groups excluding carboxylic acids is 1. The van der Waals surface area contributed by atoms with Gasteiger partial charge in [0.05, 0.1) is 29.7 Å². The molecule has 0 aliphatic carbocycles. The Morgan fingerprint density at radius 3 is 2.70 bits per heavy atom. The van der Waals surface area contributed by atoms with E-state index in [0.717, 1.165) is 17.0 Å². The number of benzene rings is 2. The minimum Gasteiger partial charge on any atom is -0.492 e. The second-order valence-electron chi connectivity index (χ2n) is 5.93. The maximum Gasteiger partial charge on any atom is 0.257 e. The molecule has 1 heterocycles. The van der Waals surface area contributed by atoms with Crippen molar-refractivity contribution in [3.05, 3.63) is 77.1 Å². The number of hydrogen-bond acceptors (Lipinski definition) is 4. The summed E-state index contributed by atoms with van der Waals surface area (Å²) in [6.45, 7) is 4.39. The van der Waals surface area contributed by atoms with Gasteiger partial charge in [0.25, 0.3) is 5.91 Å². The molecule has 0 fully saturated rings. The molecule has 1 amide bonds. The quantitative estimate of drug-likeness (QED) is 0.597. The standard InChI is InChI=1S/C21H20ClN3O2/c1-3-27-20-7-5-4-6-19(20)24-17-11-15(12-23-13-17)21(26)25-18-9-8-16(22)10-14(18)2/h4-13,24H,3H2,1-2H3,(H,25,26). The van der Waals surface area contributed by atoms with Gasteiger partial charge in [-0.15, -0.1) is 0 Å². The van der Waals surface area contributed by atoms with Crippen LogP contribution >= 0.6 is 11.6 Å². The van der Waals surface area contributed by atoms with E-state index in [9.17, 15) is 4.79 Å². The highest BCUT2D eigenvalue weighted by Crippen LogP contribution is 2.27. The number of anilines is 3. The Balaban J connectivity index is 1.78. The minimum atomic E-state index is -0.241. The first-order valence-electron chi connectivity index (χ1n) is 8.58. The number of nitrogens with zero attached hydrogens (tertiary/aromatic N) is 1. The number of ether oxygens (including phenoxy) is 1. The van der Waals surface area contributed by atoms with E-state index >= 15 is 0 Å². The third-order valence-corrected chi connectivity index (χ3v) is 4.14. The zero-order valence-corrected chi connectivity index (χ0v) is 15.9. The molecule has 5 nitrogen and oxygen atoms in total. The van der Waals surface area contributed by atoms with Crippen molar-refractivity contribution in [2.24, 2.45) is 0 Å². The first-order chi connectivity index (χ1) is 13.1. The van der Waals surface area contributed by atoms with Gasteiger partial charge in [-0.25, -0.2) is 0 Å². The summed E-state index contributed by atoms with van der Waals surface area (Å²) in [5, 5.41) is 6.77. The van der Waals surface area contributed by atoms with Gasteiger partial charge in [0, 0.05) is 16.9 Å². The van der Waals surface area contributed by atoms with E-state index in [-0.39, 0.29) is 5.91 Å². The molecule has 138 valence electrons. The molecule has 0 radical (unpaired) electrons. The molecule has 0 aliphatic heterocycles. The normalized spacial score (nSPS) is 10.3. The Hall–Kier alpha value is -3.05. The van der Waals surface area contributed by atoms with Crippen molar-refractivity contribution in [2.75, 3.05) is 17.2 Å². The molecule has 0 bridgehead atoms. The third-order valence-electron chi connectivity index (χ3n) is 3.90. The van der Waals surface area contributed by atoms with Gasteiger partial charge in [0.15, 0.2) is 0 Å². The average Bonchev–Trinajstić information content (AvgIpc) is 2.66. The fraction of sp³-hybridized carbons (Fsp3) is 0.143. The minimum absolute atomic E-state index is 0.241. The number of aromatic nitrogens is 1. The molecule has 0 saturated carbocycles. The number of nitrogens with one attached hydrogen (secondary N) is 2. The molecule has 27 heavy (non-hydrogen) atoms. The maximum atomic E-state index is 12.6. The van der Waals surface area contributed by atoms with Crippen LogP contribution < -0.4 is 15.4 Å². The van der Waals surface area contributed by atoms with Crippen molar-refractivity contribution in [1.29, 1.82) is 0 Å². The Bertz CT molecular complexity index is 960. The zero-order chi connectivity index (χ0) is 19.2. The number of rotatable bonds is 6. The number of carbonyl (C=O) groups is 1. The molecule has 3 rings (SSSR count). The molecule has 0 saturated heterocycles. The number of pyridine rings is 1. The summed E-state index contributed by atoms with van der Waals surface area (Å²) in [7, 11) is 0. The lowest BCUT2D eigenvalue weighted by Gasteiger charge is -2.13. The van der Waals surface area contributed by atoms with Crippen LogP contribution in [0.4, 0.5) is 17.1 Å². The van der Waals surface area contributed by atoms with E-state index in [1.807, 2.05) is 38.1 Å². The first-order valence-corrected chi connectivity index (χ1v) is 8.96. The van der Waals surface area contributed by atoms with Crippen LogP contribution in [0.2, 0.25) is 5.02 Å². The summed E-state index contributed by atoms with van der Waals surface area (Å²) >= 11 is 5.96. The fourth-order valence-corrected chi connectivity index (χ4v) is 2.83. The summed E-state index contributed by atoms with van der Waals surface area (Å²) in [6, 6.07) is 14.7. The molecule has 3 aromatic rings. The van der Waals surface area contributed by atoms with Crippen LogP contribution in [-0.2, 0) is 0 Å². The van der Waals surface area contributed by atoms with Gasteiger partial charge in [0.2, 0.25) is 0 Å². The van der Waals surface area contributed by atoms with Crippen LogP contribution in [-0.4, -0.2) is 17.5 Å². The van der Waals surface area contributed by atoms with E-state index in [0.29, 0.717) is 28.6 Å². The number of halogens is 1. The van der Waals surface area contributed by atoms with Gasteiger partial charge in [-0.2, -0.15) is 0 Å². The summed E-state index contributed by atoms with van der Waals surface area (Å²) in [4.78, 5) is 16.8. The molecule has 2 aromatic carbocycles. The molecule has 6 heteroatoms. The van der Waals surface area contributed by atoms with Gasteiger partial charge < -0.3 is 15.4 Å². The van der Waals surface area contributed by atoms with E-state index in [4.69, 9.17) is 16.3 Å². The van der Waals surface area contributed by atoms with Crippen LogP contribution in [0.5, 0.6) is 5.75 Å². The Morgan fingerprint density at radius 2 is 1.93 bits per heavy atom. The molecule has 0 spiro atoms. The molecule has 1 aromatic heterocycles. The van der Waals surface area contributed by atoms with Crippen molar-refractivity contribution < 1.29 is 9.53 Å². The fourth-order valence-electron chi connectivity index (χ4n) is 2.60. The van der Waals surface area contributed by atoms with Crippen molar-refractivity contribution in [3.63, 3.8) is 0 Å². The van der Waals surface area contributed by atoms with Crippen LogP contribution in [0.25, 0.3) is 0 Å². The maximum absolute atomic E-state index is 12.6. The van der Waals surface area contributed by atoms with Gasteiger partial charge in [-0.3, -0.25) is 9.78 Å². The summed E-state index contributed by atoms with van der Waals surface area (Å²) in [5.41, 5.74) is 3.56. The number of para-hydroxylation sites is 2. The van der Waals surface area contributed by atoms with Gasteiger partial charge in [0.1, 0.15) is 5.75 Å². The lowest BCUT2D eigenvalue weighted by molar-refractivity contribution is 0.102. The number of aryl methyl sites for hydroxylation is 1. The Morgan fingerprint density at radius 1 is 1.11 bits per heavy atom. The van der Waals surface area contributed by atoms with Gasteiger partial charge in [-0.05, 0) is 55.8 Å². The molecule has 0 unspecified atom stereocenters. The first kappa shape index (κ1) is 18.7. The smallest absolute Gasteiger partial charge is 0.257 e. The van der Waals surface area contributed by atoms with Crippen molar-refractivity contribution >= 4 is 34.6 Å². The number of hydrogen-bond donors (Lipinski definition) is 2. The Labute approximate surface area is 163 Å². The molecule has 2 N–H and O–H groups in total. The second-order valence-corrected chi connectivity index (χ2v) is 6.37. The zero-order valence-electron chi connectivity index (χ0n) is 15.1. The molecule has 0 atom stereocenters. The molecular formula is C21H20ClN3O2. The Kier molecular flexibility index (Phi) is 5.94. The number of amides is 1. The summed E-state index contributed by atoms with van der Waals surface area (Å²) in [5.74, 6) is 0.501. The van der Waals surface area contributed by atoms with Crippen LogP contribution in [0.3, 0.4) is 0 Å². The average molecular weight is 382 g/mol. The summed E-state index contributed by atoms with van der Waals surface area (Å²) < 4.78 is 5.62.